The predicted molar refractivity (Wildman–Crippen MR) is 66.4 cm³/mol. The van der Waals surface area contributed by atoms with E-state index in [4.69, 9.17) is 4.42 Å². The van der Waals surface area contributed by atoms with Gasteiger partial charge in [-0.1, -0.05) is 0 Å². The summed E-state index contributed by atoms with van der Waals surface area (Å²) in [6.07, 6.45) is 0. The topological polar surface area (TPSA) is 76.3 Å². The van der Waals surface area contributed by atoms with Crippen LogP contribution in [0, 0.1) is 5.92 Å². The first-order chi connectivity index (χ1) is 8.65. The number of nitrogens with one attached hydrogen (secondary N) is 2. The molecule has 6 nitrogen and oxygen atoms in total. The molecule has 0 saturated carbocycles. The van der Waals surface area contributed by atoms with E-state index in [1.165, 1.54) is 4.57 Å². The summed E-state index contributed by atoms with van der Waals surface area (Å²) in [6.45, 7) is 1.44. The van der Waals surface area contributed by atoms with Gasteiger partial charge in [0.25, 0.3) is 0 Å². The number of hydrogen-bond acceptors (Lipinski definition) is 4. The van der Waals surface area contributed by atoms with E-state index in [0.29, 0.717) is 16.8 Å². The van der Waals surface area contributed by atoms with Crippen molar-refractivity contribution in [3.63, 3.8) is 0 Å². The number of carbonyl (C=O) groups excluding carboxylic acids is 1. The Morgan fingerprint density at radius 1 is 1.50 bits per heavy atom. The summed E-state index contributed by atoms with van der Waals surface area (Å²) in [6, 6.07) is 5.16. The molecule has 1 aliphatic heterocycles. The molecule has 1 aromatic heterocycles. The summed E-state index contributed by atoms with van der Waals surface area (Å²) in [5.41, 5.74) is 1.87. The van der Waals surface area contributed by atoms with Crippen molar-refractivity contribution in [1.82, 2.24) is 9.88 Å². The molecule has 1 aliphatic rings. The van der Waals surface area contributed by atoms with Crippen LogP contribution >= 0.6 is 0 Å². The highest BCUT2D eigenvalue weighted by Crippen LogP contribution is 2.18. The Bertz CT molecular complexity index is 667. The summed E-state index contributed by atoms with van der Waals surface area (Å²) in [5, 5.41) is 5.89. The van der Waals surface area contributed by atoms with Crippen molar-refractivity contribution in [3.8, 4) is 0 Å². The molecule has 1 amide bonds. The second-order valence-electron chi connectivity index (χ2n) is 4.45. The summed E-state index contributed by atoms with van der Waals surface area (Å²) < 4.78 is 6.44. The molecule has 6 heteroatoms. The number of aryl methyl sites for hydroxylation is 1. The van der Waals surface area contributed by atoms with Crippen LogP contribution in [0.5, 0.6) is 0 Å². The van der Waals surface area contributed by atoms with E-state index in [-0.39, 0.29) is 11.8 Å². The number of fused-ring (bicyclic) bond motifs is 1. The Morgan fingerprint density at radius 2 is 2.28 bits per heavy atom. The molecule has 0 atom stereocenters. The molecule has 1 saturated heterocycles. The van der Waals surface area contributed by atoms with Crippen LogP contribution in [0.2, 0.25) is 0 Å². The molecule has 2 aromatic rings. The van der Waals surface area contributed by atoms with Crippen LogP contribution in [0.15, 0.2) is 27.4 Å². The largest absolute Gasteiger partial charge is 0.419 e. The summed E-state index contributed by atoms with van der Waals surface area (Å²) in [4.78, 5) is 23.1. The van der Waals surface area contributed by atoms with E-state index in [1.807, 2.05) is 0 Å². The van der Waals surface area contributed by atoms with Crippen molar-refractivity contribution in [2.24, 2.45) is 13.0 Å². The van der Waals surface area contributed by atoms with Crippen molar-refractivity contribution < 1.29 is 9.21 Å². The highest BCUT2D eigenvalue weighted by molar-refractivity contribution is 5.95. The first kappa shape index (κ1) is 11.0. The molecule has 0 unspecified atom stereocenters. The fourth-order valence-electron chi connectivity index (χ4n) is 1.92. The number of amides is 1. The fourth-order valence-corrected chi connectivity index (χ4v) is 1.92. The number of rotatable bonds is 2. The molecule has 18 heavy (non-hydrogen) atoms. The van der Waals surface area contributed by atoms with Gasteiger partial charge in [-0.15, -0.1) is 0 Å². The number of hydrogen-bond donors (Lipinski definition) is 2. The van der Waals surface area contributed by atoms with Gasteiger partial charge in [0.2, 0.25) is 5.91 Å². The van der Waals surface area contributed by atoms with Gasteiger partial charge in [0, 0.05) is 25.8 Å². The number of aromatic nitrogens is 1. The van der Waals surface area contributed by atoms with E-state index < -0.39 is 5.76 Å². The Balaban J connectivity index is 1.90. The van der Waals surface area contributed by atoms with Gasteiger partial charge in [-0.2, -0.15) is 0 Å². The van der Waals surface area contributed by atoms with E-state index in [9.17, 15) is 9.59 Å². The smallest absolute Gasteiger partial charge is 0.408 e. The second-order valence-corrected chi connectivity index (χ2v) is 4.45. The number of benzene rings is 1. The molecule has 0 bridgehead atoms. The van der Waals surface area contributed by atoms with Gasteiger partial charge in [0.05, 0.1) is 11.4 Å². The van der Waals surface area contributed by atoms with E-state index in [1.54, 1.807) is 25.2 Å². The van der Waals surface area contributed by atoms with Crippen molar-refractivity contribution in [2.45, 2.75) is 0 Å². The van der Waals surface area contributed by atoms with Crippen molar-refractivity contribution in [3.05, 3.63) is 28.7 Å². The Morgan fingerprint density at radius 3 is 2.94 bits per heavy atom. The zero-order valence-corrected chi connectivity index (χ0v) is 9.90. The number of carbonyl (C=O) groups is 1. The maximum absolute atomic E-state index is 11.8. The molecule has 2 N–H and O–H groups in total. The minimum absolute atomic E-state index is 0.00148. The first-order valence-electron chi connectivity index (χ1n) is 5.76. The normalized spacial score (nSPS) is 15.6. The maximum atomic E-state index is 11.8. The Hall–Kier alpha value is -2.08. The third-order valence-corrected chi connectivity index (χ3v) is 3.21. The van der Waals surface area contributed by atoms with Crippen LogP contribution in [0.3, 0.4) is 0 Å². The molecule has 2 heterocycles. The Kier molecular flexibility index (Phi) is 2.45. The predicted octanol–water partition coefficient (Wildman–Crippen LogP) is 0.289. The van der Waals surface area contributed by atoms with Crippen molar-refractivity contribution >= 4 is 22.7 Å². The summed E-state index contributed by atoms with van der Waals surface area (Å²) in [7, 11) is 1.63. The SMILES string of the molecule is Cn1c(=O)oc2ccc(NC(=O)C3CNC3)cc21. The van der Waals surface area contributed by atoms with E-state index in [2.05, 4.69) is 10.6 Å². The fraction of sp³-hybridized carbons (Fsp3) is 0.333. The van der Waals surface area contributed by atoms with Crippen molar-refractivity contribution in [1.29, 1.82) is 0 Å². The van der Waals surface area contributed by atoms with Crippen LogP contribution in [-0.4, -0.2) is 23.6 Å². The van der Waals surface area contributed by atoms with Crippen LogP contribution in [-0.2, 0) is 11.8 Å². The standard InChI is InChI=1S/C12H13N3O3/c1-15-9-4-8(2-3-10(9)18-12(15)17)14-11(16)7-5-13-6-7/h2-4,7,13H,5-6H2,1H3,(H,14,16). The highest BCUT2D eigenvalue weighted by atomic mass is 16.4. The van der Waals surface area contributed by atoms with Crippen LogP contribution < -0.4 is 16.4 Å². The summed E-state index contributed by atoms with van der Waals surface area (Å²) >= 11 is 0. The van der Waals surface area contributed by atoms with E-state index in [0.717, 1.165) is 13.1 Å². The minimum Gasteiger partial charge on any atom is -0.408 e. The molecule has 0 aliphatic carbocycles. The minimum atomic E-state index is -0.406. The van der Waals surface area contributed by atoms with Gasteiger partial charge < -0.3 is 15.1 Å². The number of oxazole rings is 1. The third-order valence-electron chi connectivity index (χ3n) is 3.21. The lowest BCUT2D eigenvalue weighted by Crippen LogP contribution is -2.48. The monoisotopic (exact) mass is 247 g/mol. The molecule has 0 radical (unpaired) electrons. The molecule has 1 fully saturated rings. The molecule has 3 rings (SSSR count). The first-order valence-corrected chi connectivity index (χ1v) is 5.76. The van der Waals surface area contributed by atoms with Gasteiger partial charge in [-0.3, -0.25) is 9.36 Å². The lowest BCUT2D eigenvalue weighted by atomic mass is 10.0. The molecule has 1 aromatic carbocycles. The van der Waals surface area contributed by atoms with Gasteiger partial charge in [0.15, 0.2) is 5.58 Å². The number of nitrogens with zero attached hydrogens (tertiary/aromatic N) is 1. The van der Waals surface area contributed by atoms with Crippen LogP contribution in [0.25, 0.3) is 11.1 Å². The molecule has 94 valence electrons. The Labute approximate surface area is 103 Å². The number of anilines is 1. The maximum Gasteiger partial charge on any atom is 0.419 e. The average molecular weight is 247 g/mol. The van der Waals surface area contributed by atoms with Gasteiger partial charge in [-0.05, 0) is 18.2 Å². The van der Waals surface area contributed by atoms with Gasteiger partial charge >= 0.3 is 5.76 Å². The third kappa shape index (κ3) is 1.70. The lowest BCUT2D eigenvalue weighted by Gasteiger charge is -2.25. The zero-order valence-electron chi connectivity index (χ0n) is 9.90. The average Bonchev–Trinajstić information content (AvgIpc) is 2.53. The quantitative estimate of drug-likeness (QED) is 0.799. The molecule has 0 spiro atoms. The van der Waals surface area contributed by atoms with Crippen LogP contribution in [0.4, 0.5) is 5.69 Å². The van der Waals surface area contributed by atoms with Crippen LogP contribution in [0.1, 0.15) is 0 Å². The van der Waals surface area contributed by atoms with E-state index >= 15 is 0 Å². The summed E-state index contributed by atoms with van der Waals surface area (Å²) in [5.74, 6) is -0.368. The zero-order chi connectivity index (χ0) is 12.7. The molecular weight excluding hydrogens is 234 g/mol. The second kappa shape index (κ2) is 3.99. The molecular formula is C12H13N3O3. The van der Waals surface area contributed by atoms with Crippen molar-refractivity contribution in [2.75, 3.05) is 18.4 Å². The lowest BCUT2D eigenvalue weighted by molar-refractivity contribution is -0.121. The van der Waals surface area contributed by atoms with Gasteiger partial charge in [-0.25, -0.2) is 4.79 Å². The highest BCUT2D eigenvalue weighted by Gasteiger charge is 2.24. The van der Waals surface area contributed by atoms with Gasteiger partial charge in [0.1, 0.15) is 0 Å².